The molecule has 0 atom stereocenters. The van der Waals surface area contributed by atoms with Crippen molar-refractivity contribution >= 4 is 17.1 Å². The fourth-order valence-electron chi connectivity index (χ4n) is 3.12. The molecule has 0 unspecified atom stereocenters. The zero-order valence-corrected chi connectivity index (χ0v) is 12.4. The zero-order valence-electron chi connectivity index (χ0n) is 12.4. The Morgan fingerprint density at radius 3 is 2.64 bits per heavy atom. The van der Waals surface area contributed by atoms with Gasteiger partial charge >= 0.3 is 0 Å². The lowest BCUT2D eigenvalue weighted by Gasteiger charge is -2.32. The standard InChI is InChI=1S/C14H18N6O2/c1-8-15-12-11(13(21)16-8)17-18-20(12)10-4-6-19(7-5-10)14(22)9-2-3-9/h9-10H,2-7H2,1H3,(H,15,16,21). The first-order valence-corrected chi connectivity index (χ1v) is 7.74. The van der Waals surface area contributed by atoms with Crippen molar-refractivity contribution in [2.75, 3.05) is 13.1 Å². The first-order valence-electron chi connectivity index (χ1n) is 7.74. The maximum atomic E-state index is 12.1. The maximum Gasteiger partial charge on any atom is 0.281 e. The average Bonchev–Trinajstić information content (AvgIpc) is 3.27. The molecule has 3 heterocycles. The number of hydrogen-bond acceptors (Lipinski definition) is 5. The largest absolute Gasteiger partial charge is 0.342 e. The third-order valence-electron chi connectivity index (χ3n) is 4.50. The number of amides is 1. The summed E-state index contributed by atoms with van der Waals surface area (Å²) >= 11 is 0. The highest BCUT2D eigenvalue weighted by atomic mass is 16.2. The minimum Gasteiger partial charge on any atom is -0.342 e. The van der Waals surface area contributed by atoms with Crippen LogP contribution in [0.3, 0.4) is 0 Å². The monoisotopic (exact) mass is 302 g/mol. The molecule has 0 aromatic carbocycles. The highest BCUT2D eigenvalue weighted by molar-refractivity contribution is 5.81. The van der Waals surface area contributed by atoms with Crippen LogP contribution in [-0.2, 0) is 4.79 Å². The molecule has 0 bridgehead atoms. The molecule has 0 spiro atoms. The van der Waals surface area contributed by atoms with E-state index in [-0.39, 0.29) is 23.0 Å². The second kappa shape index (κ2) is 4.89. The molecule has 2 fully saturated rings. The van der Waals surface area contributed by atoms with Crippen LogP contribution >= 0.6 is 0 Å². The summed E-state index contributed by atoms with van der Waals surface area (Å²) in [6, 6.07) is 0.141. The quantitative estimate of drug-likeness (QED) is 0.866. The number of likely N-dealkylation sites (tertiary alicyclic amines) is 1. The minimum atomic E-state index is -0.255. The number of carbonyl (C=O) groups is 1. The molecule has 1 N–H and O–H groups in total. The molecular weight excluding hydrogens is 284 g/mol. The number of aromatic amines is 1. The van der Waals surface area contributed by atoms with Crippen molar-refractivity contribution in [1.82, 2.24) is 29.9 Å². The van der Waals surface area contributed by atoms with Gasteiger partial charge in [-0.15, -0.1) is 5.10 Å². The van der Waals surface area contributed by atoms with E-state index in [2.05, 4.69) is 20.3 Å². The SMILES string of the molecule is Cc1nc2c(nnn2C2CCN(C(=O)C3CC3)CC2)c(=O)[nH]1. The van der Waals surface area contributed by atoms with Crippen LogP contribution in [-0.4, -0.2) is 48.9 Å². The summed E-state index contributed by atoms with van der Waals surface area (Å²) in [4.78, 5) is 32.9. The summed E-state index contributed by atoms with van der Waals surface area (Å²) in [6.07, 6.45) is 3.73. The third-order valence-corrected chi connectivity index (χ3v) is 4.50. The van der Waals surface area contributed by atoms with Crippen LogP contribution in [0.1, 0.15) is 37.5 Å². The van der Waals surface area contributed by atoms with E-state index in [0.29, 0.717) is 17.4 Å². The van der Waals surface area contributed by atoms with E-state index >= 15 is 0 Å². The topological polar surface area (TPSA) is 96.8 Å². The predicted octanol–water partition coefficient (Wildman–Crippen LogP) is 0.397. The molecule has 8 heteroatoms. The molecule has 1 saturated carbocycles. The summed E-state index contributed by atoms with van der Waals surface area (Å²) < 4.78 is 1.75. The number of hydrogen-bond donors (Lipinski definition) is 1. The van der Waals surface area contributed by atoms with Gasteiger partial charge in [-0.3, -0.25) is 9.59 Å². The fraction of sp³-hybridized carbons (Fsp3) is 0.643. The maximum absolute atomic E-state index is 12.1. The highest BCUT2D eigenvalue weighted by Gasteiger charge is 2.35. The number of nitrogens with one attached hydrogen (secondary N) is 1. The van der Waals surface area contributed by atoms with Crippen molar-refractivity contribution in [3.05, 3.63) is 16.2 Å². The number of nitrogens with zero attached hydrogens (tertiary/aromatic N) is 5. The Kier molecular flexibility index (Phi) is 2.98. The molecule has 8 nitrogen and oxygen atoms in total. The van der Waals surface area contributed by atoms with Crippen molar-refractivity contribution in [3.63, 3.8) is 0 Å². The molecule has 22 heavy (non-hydrogen) atoms. The zero-order chi connectivity index (χ0) is 15.3. The van der Waals surface area contributed by atoms with Crippen molar-refractivity contribution < 1.29 is 4.79 Å². The fourth-order valence-corrected chi connectivity index (χ4v) is 3.12. The van der Waals surface area contributed by atoms with E-state index in [0.717, 1.165) is 38.8 Å². The van der Waals surface area contributed by atoms with Gasteiger partial charge in [-0.2, -0.15) is 0 Å². The lowest BCUT2D eigenvalue weighted by atomic mass is 10.0. The van der Waals surface area contributed by atoms with Crippen LogP contribution in [0.4, 0.5) is 0 Å². The summed E-state index contributed by atoms with van der Waals surface area (Å²) in [5, 5.41) is 8.07. The average molecular weight is 302 g/mol. The molecule has 2 aliphatic rings. The second-order valence-electron chi connectivity index (χ2n) is 6.19. The first-order chi connectivity index (χ1) is 10.6. The molecule has 1 saturated heterocycles. The Hall–Kier alpha value is -2.25. The van der Waals surface area contributed by atoms with Crippen molar-refractivity contribution in [3.8, 4) is 0 Å². The second-order valence-corrected chi connectivity index (χ2v) is 6.19. The van der Waals surface area contributed by atoms with Gasteiger partial charge < -0.3 is 9.88 Å². The number of H-pyrrole nitrogens is 1. The van der Waals surface area contributed by atoms with E-state index in [1.165, 1.54) is 0 Å². The lowest BCUT2D eigenvalue weighted by molar-refractivity contribution is -0.133. The van der Waals surface area contributed by atoms with Gasteiger partial charge in [0.25, 0.3) is 5.56 Å². The summed E-state index contributed by atoms with van der Waals surface area (Å²) in [6.45, 7) is 3.22. The summed E-state index contributed by atoms with van der Waals surface area (Å²) in [5.74, 6) is 1.13. The van der Waals surface area contributed by atoms with Gasteiger partial charge in [0.1, 0.15) is 5.82 Å². The van der Waals surface area contributed by atoms with E-state index in [1.54, 1.807) is 11.6 Å². The first kappa shape index (κ1) is 13.4. The van der Waals surface area contributed by atoms with Crippen molar-refractivity contribution in [1.29, 1.82) is 0 Å². The number of carbonyl (C=O) groups excluding carboxylic acids is 1. The Balaban J connectivity index is 1.56. The molecule has 4 rings (SSSR count). The molecule has 2 aromatic heterocycles. The van der Waals surface area contributed by atoms with E-state index in [4.69, 9.17) is 0 Å². The van der Waals surface area contributed by atoms with Gasteiger partial charge in [0.15, 0.2) is 11.2 Å². The number of rotatable bonds is 2. The van der Waals surface area contributed by atoms with Gasteiger partial charge in [0, 0.05) is 19.0 Å². The van der Waals surface area contributed by atoms with Crippen LogP contribution in [0.5, 0.6) is 0 Å². The van der Waals surface area contributed by atoms with Gasteiger partial charge in [0.05, 0.1) is 6.04 Å². The van der Waals surface area contributed by atoms with Gasteiger partial charge in [-0.05, 0) is 32.6 Å². The predicted molar refractivity (Wildman–Crippen MR) is 78.3 cm³/mol. The number of aromatic nitrogens is 5. The third kappa shape index (κ3) is 2.18. The smallest absolute Gasteiger partial charge is 0.281 e. The Morgan fingerprint density at radius 1 is 1.23 bits per heavy atom. The molecule has 2 aromatic rings. The summed E-state index contributed by atoms with van der Waals surface area (Å²) in [5.41, 5.74) is 0.561. The van der Waals surface area contributed by atoms with E-state index in [9.17, 15) is 9.59 Å². The van der Waals surface area contributed by atoms with Gasteiger partial charge in [-0.25, -0.2) is 9.67 Å². The molecule has 116 valence electrons. The van der Waals surface area contributed by atoms with E-state index in [1.807, 2.05) is 4.90 Å². The lowest BCUT2D eigenvalue weighted by Crippen LogP contribution is -2.40. The molecule has 1 aliphatic carbocycles. The minimum absolute atomic E-state index is 0.141. The van der Waals surface area contributed by atoms with Gasteiger partial charge in [0.2, 0.25) is 5.91 Å². The van der Waals surface area contributed by atoms with Crippen LogP contribution in [0.2, 0.25) is 0 Å². The van der Waals surface area contributed by atoms with Gasteiger partial charge in [-0.1, -0.05) is 5.21 Å². The number of piperidine rings is 1. The Labute approximate surface area is 126 Å². The molecule has 1 amide bonds. The van der Waals surface area contributed by atoms with Crippen LogP contribution in [0.25, 0.3) is 11.2 Å². The number of fused-ring (bicyclic) bond motifs is 1. The number of aryl methyl sites for hydroxylation is 1. The van der Waals surface area contributed by atoms with E-state index < -0.39 is 0 Å². The van der Waals surface area contributed by atoms with Crippen molar-refractivity contribution in [2.45, 2.75) is 38.6 Å². The summed E-state index contributed by atoms with van der Waals surface area (Å²) in [7, 11) is 0. The Bertz CT molecular complexity index is 782. The highest BCUT2D eigenvalue weighted by Crippen LogP contribution is 2.33. The van der Waals surface area contributed by atoms with Crippen LogP contribution < -0.4 is 5.56 Å². The normalized spacial score (nSPS) is 19.8. The van der Waals surface area contributed by atoms with Crippen molar-refractivity contribution in [2.24, 2.45) is 5.92 Å². The van der Waals surface area contributed by atoms with Crippen LogP contribution in [0.15, 0.2) is 4.79 Å². The molecule has 0 radical (unpaired) electrons. The molecule has 1 aliphatic heterocycles. The molecular formula is C14H18N6O2. The Morgan fingerprint density at radius 2 is 1.95 bits per heavy atom. The van der Waals surface area contributed by atoms with Crippen LogP contribution in [0, 0.1) is 12.8 Å².